The fourth-order valence-electron chi connectivity index (χ4n) is 3.72. The van der Waals surface area contributed by atoms with E-state index in [-0.39, 0.29) is 13.0 Å². The number of ether oxygens (including phenoxy) is 3. The summed E-state index contributed by atoms with van der Waals surface area (Å²) >= 11 is 1.40. The van der Waals surface area contributed by atoms with Crippen molar-refractivity contribution in [2.45, 2.75) is 55.8 Å². The molecule has 0 bridgehead atoms. The standard InChI is InChI=1S/C28H32N6O6S/c1-16-13-23(34-33-16)31-24-18-14-21(38-5)22(15-20(18)29-26(32-24)41-17-9-7-6-8-10-17)39-12-11-19(25(35)36)30-27(37)40-28(2,3)4/h6-10,13-15,19H,11-12H2,1-5H3,(H,30,37)(H,35,36)(H2,29,31,32,33,34)/t19-/m0/s1. The molecule has 0 fully saturated rings. The Kier molecular flexibility index (Phi) is 9.17. The third-order valence-electron chi connectivity index (χ3n) is 5.52. The normalized spacial score (nSPS) is 12.0. The molecule has 41 heavy (non-hydrogen) atoms. The monoisotopic (exact) mass is 580 g/mol. The van der Waals surface area contributed by atoms with E-state index in [1.165, 1.54) is 18.9 Å². The lowest BCUT2D eigenvalue weighted by Crippen LogP contribution is -2.44. The first-order chi connectivity index (χ1) is 19.5. The van der Waals surface area contributed by atoms with Gasteiger partial charge in [-0.15, -0.1) is 0 Å². The number of aromatic nitrogens is 4. The zero-order valence-corrected chi connectivity index (χ0v) is 24.2. The van der Waals surface area contributed by atoms with Crippen LogP contribution in [0.5, 0.6) is 11.5 Å². The van der Waals surface area contributed by atoms with Gasteiger partial charge in [0, 0.05) is 34.5 Å². The second-order valence-corrected chi connectivity index (χ2v) is 11.1. The summed E-state index contributed by atoms with van der Waals surface area (Å²) in [5, 5.41) is 23.5. The van der Waals surface area contributed by atoms with Crippen molar-refractivity contribution in [3.63, 3.8) is 0 Å². The molecule has 4 rings (SSSR count). The van der Waals surface area contributed by atoms with Crippen LogP contribution in [0.3, 0.4) is 0 Å². The molecule has 2 aromatic heterocycles. The van der Waals surface area contributed by atoms with Gasteiger partial charge in [-0.1, -0.05) is 18.2 Å². The summed E-state index contributed by atoms with van der Waals surface area (Å²) in [6, 6.07) is 13.9. The van der Waals surface area contributed by atoms with Crippen molar-refractivity contribution in [2.24, 2.45) is 0 Å². The third-order valence-corrected chi connectivity index (χ3v) is 6.39. The van der Waals surface area contributed by atoms with Gasteiger partial charge < -0.3 is 30.0 Å². The van der Waals surface area contributed by atoms with Gasteiger partial charge in [-0.25, -0.2) is 19.6 Å². The van der Waals surface area contributed by atoms with Gasteiger partial charge in [-0.05, 0) is 57.7 Å². The highest BCUT2D eigenvalue weighted by Crippen LogP contribution is 2.37. The Balaban J connectivity index is 1.60. The van der Waals surface area contributed by atoms with Gasteiger partial charge in [0.1, 0.15) is 17.5 Å². The number of hydrogen-bond acceptors (Lipinski definition) is 10. The number of nitrogens with zero attached hydrogens (tertiary/aromatic N) is 3. The van der Waals surface area contributed by atoms with Crippen molar-refractivity contribution in [2.75, 3.05) is 19.0 Å². The van der Waals surface area contributed by atoms with Crippen molar-refractivity contribution >= 4 is 46.4 Å². The number of aliphatic carboxylic acids is 1. The zero-order chi connectivity index (χ0) is 29.6. The van der Waals surface area contributed by atoms with Crippen molar-refractivity contribution < 1.29 is 28.9 Å². The molecular formula is C28H32N6O6S. The van der Waals surface area contributed by atoms with Crippen LogP contribution in [0.25, 0.3) is 10.9 Å². The molecule has 2 aromatic carbocycles. The number of methoxy groups -OCH3 is 1. The van der Waals surface area contributed by atoms with Gasteiger partial charge in [0.2, 0.25) is 0 Å². The van der Waals surface area contributed by atoms with Crippen LogP contribution in [0.4, 0.5) is 16.4 Å². The number of carboxylic acid groups (broad SMARTS) is 1. The van der Waals surface area contributed by atoms with E-state index < -0.39 is 23.7 Å². The van der Waals surface area contributed by atoms with Crippen LogP contribution in [-0.2, 0) is 9.53 Å². The van der Waals surface area contributed by atoms with E-state index >= 15 is 0 Å². The predicted molar refractivity (Wildman–Crippen MR) is 154 cm³/mol. The molecule has 216 valence electrons. The van der Waals surface area contributed by atoms with E-state index in [4.69, 9.17) is 24.2 Å². The average Bonchev–Trinajstić information content (AvgIpc) is 3.31. The van der Waals surface area contributed by atoms with Gasteiger partial charge >= 0.3 is 12.1 Å². The molecule has 0 unspecified atom stereocenters. The van der Waals surface area contributed by atoms with Crippen molar-refractivity contribution in [3.05, 3.63) is 54.2 Å². The van der Waals surface area contributed by atoms with Crippen molar-refractivity contribution in [1.82, 2.24) is 25.5 Å². The van der Waals surface area contributed by atoms with E-state index in [0.717, 1.165) is 10.6 Å². The Bertz CT molecular complexity index is 1520. The first kappa shape index (κ1) is 29.5. The number of aryl methyl sites for hydroxylation is 1. The van der Waals surface area contributed by atoms with Gasteiger partial charge in [0.15, 0.2) is 22.5 Å². The summed E-state index contributed by atoms with van der Waals surface area (Å²) in [5.74, 6) is 0.673. The molecule has 0 aliphatic carbocycles. The van der Waals surface area contributed by atoms with Gasteiger partial charge in [-0.2, -0.15) is 5.10 Å². The summed E-state index contributed by atoms with van der Waals surface area (Å²) in [6.07, 6.45) is -0.833. The number of hydrogen-bond donors (Lipinski definition) is 4. The molecule has 0 radical (unpaired) electrons. The van der Waals surface area contributed by atoms with Crippen LogP contribution in [0.1, 0.15) is 32.9 Å². The number of anilines is 2. The zero-order valence-electron chi connectivity index (χ0n) is 23.3. The summed E-state index contributed by atoms with van der Waals surface area (Å²) in [7, 11) is 1.50. The molecular weight excluding hydrogens is 548 g/mol. The number of amides is 1. The number of carboxylic acids is 1. The smallest absolute Gasteiger partial charge is 0.408 e. The maximum atomic E-state index is 12.1. The van der Waals surface area contributed by atoms with Crippen molar-refractivity contribution in [3.8, 4) is 11.5 Å². The Morgan fingerprint density at radius 1 is 1.10 bits per heavy atom. The van der Waals surface area contributed by atoms with E-state index in [9.17, 15) is 14.7 Å². The highest BCUT2D eigenvalue weighted by atomic mass is 32.2. The molecule has 0 spiro atoms. The van der Waals surface area contributed by atoms with Crippen LogP contribution in [0.2, 0.25) is 0 Å². The maximum Gasteiger partial charge on any atom is 0.408 e. The minimum absolute atomic E-state index is 0.0139. The minimum atomic E-state index is -1.21. The fourth-order valence-corrected chi connectivity index (χ4v) is 4.50. The van der Waals surface area contributed by atoms with Crippen LogP contribution in [0.15, 0.2) is 58.6 Å². The number of fused-ring (bicyclic) bond motifs is 1. The van der Waals surface area contributed by atoms with Gasteiger partial charge in [0.05, 0.1) is 19.2 Å². The first-order valence-electron chi connectivity index (χ1n) is 12.8. The van der Waals surface area contributed by atoms with Crippen LogP contribution < -0.4 is 20.1 Å². The predicted octanol–water partition coefficient (Wildman–Crippen LogP) is 5.31. The third kappa shape index (κ3) is 8.24. The molecule has 0 aliphatic heterocycles. The largest absolute Gasteiger partial charge is 0.493 e. The fraction of sp³-hybridized carbons (Fsp3) is 0.321. The quantitative estimate of drug-likeness (QED) is 0.170. The second kappa shape index (κ2) is 12.8. The lowest BCUT2D eigenvalue weighted by atomic mass is 10.2. The number of rotatable bonds is 11. The van der Waals surface area contributed by atoms with Crippen molar-refractivity contribution in [1.29, 1.82) is 0 Å². The van der Waals surface area contributed by atoms with E-state index in [0.29, 0.717) is 39.2 Å². The lowest BCUT2D eigenvalue weighted by molar-refractivity contribution is -0.139. The number of benzene rings is 2. The number of aromatic amines is 1. The Morgan fingerprint density at radius 3 is 2.49 bits per heavy atom. The second-order valence-electron chi connectivity index (χ2n) is 10.0. The number of carbonyl (C=O) groups excluding carboxylic acids is 1. The number of H-pyrrole nitrogens is 1. The SMILES string of the molecule is COc1cc2c(Nc3cc(C)[nH]n3)nc(Sc3ccccc3)nc2cc1OCC[C@H](NC(=O)OC(C)(C)C)C(=O)O. The molecule has 0 aliphatic rings. The summed E-state index contributed by atoms with van der Waals surface area (Å²) < 4.78 is 16.7. The molecule has 2 heterocycles. The summed E-state index contributed by atoms with van der Waals surface area (Å²) in [6.45, 7) is 6.96. The van der Waals surface area contributed by atoms with Crippen LogP contribution in [0, 0.1) is 6.92 Å². The molecule has 4 aromatic rings. The first-order valence-corrected chi connectivity index (χ1v) is 13.6. The summed E-state index contributed by atoms with van der Waals surface area (Å²) in [5.41, 5.74) is 0.704. The lowest BCUT2D eigenvalue weighted by Gasteiger charge is -2.22. The minimum Gasteiger partial charge on any atom is -0.493 e. The van der Waals surface area contributed by atoms with Gasteiger partial charge in [-0.3, -0.25) is 5.10 Å². The highest BCUT2D eigenvalue weighted by Gasteiger charge is 2.24. The molecule has 13 heteroatoms. The maximum absolute atomic E-state index is 12.1. The van der Waals surface area contributed by atoms with E-state index in [1.54, 1.807) is 32.9 Å². The van der Waals surface area contributed by atoms with E-state index in [1.807, 2.05) is 43.3 Å². The number of alkyl carbamates (subject to hydrolysis) is 1. The summed E-state index contributed by atoms with van der Waals surface area (Å²) in [4.78, 5) is 34.3. The number of carbonyl (C=O) groups is 2. The Labute approximate surface area is 241 Å². The Morgan fingerprint density at radius 2 is 1.85 bits per heavy atom. The highest BCUT2D eigenvalue weighted by molar-refractivity contribution is 7.99. The topological polar surface area (TPSA) is 161 Å². The molecule has 0 saturated carbocycles. The molecule has 1 atom stereocenters. The molecule has 4 N–H and O–H groups in total. The number of nitrogens with one attached hydrogen (secondary N) is 3. The molecule has 0 saturated heterocycles. The molecule has 1 amide bonds. The average molecular weight is 581 g/mol. The van der Waals surface area contributed by atoms with E-state index in [2.05, 4.69) is 20.8 Å². The van der Waals surface area contributed by atoms with Crippen LogP contribution >= 0.6 is 11.8 Å². The van der Waals surface area contributed by atoms with Crippen LogP contribution in [-0.4, -0.2) is 62.7 Å². The Hall–Kier alpha value is -4.52. The van der Waals surface area contributed by atoms with Gasteiger partial charge in [0.25, 0.3) is 0 Å². The molecule has 12 nitrogen and oxygen atoms in total.